The van der Waals surface area contributed by atoms with Crippen molar-refractivity contribution in [2.24, 2.45) is 0 Å². The van der Waals surface area contributed by atoms with Crippen molar-refractivity contribution in [3.8, 4) is 11.1 Å². The maximum atomic E-state index is 6.10. The van der Waals surface area contributed by atoms with Crippen LogP contribution in [0.4, 0.5) is 5.00 Å². The maximum Gasteiger partial charge on any atom is 0.0941 e. The zero-order valence-corrected chi connectivity index (χ0v) is 11.0. The van der Waals surface area contributed by atoms with Crippen molar-refractivity contribution in [1.82, 2.24) is 0 Å². The topological polar surface area (TPSA) is 26.0 Å². The lowest BCUT2D eigenvalue weighted by Gasteiger charge is -2.08. The number of rotatable bonds is 1. The van der Waals surface area contributed by atoms with Gasteiger partial charge >= 0.3 is 0 Å². The molecule has 0 aliphatic carbocycles. The number of benzene rings is 1. The summed E-state index contributed by atoms with van der Waals surface area (Å²) in [6.07, 6.45) is 0. The van der Waals surface area contributed by atoms with E-state index in [9.17, 15) is 0 Å². The first kappa shape index (κ1) is 11.2. The Balaban J connectivity index is 2.67. The van der Waals surface area contributed by atoms with Gasteiger partial charge in [-0.15, -0.1) is 11.3 Å². The van der Waals surface area contributed by atoms with E-state index in [0.29, 0.717) is 0 Å². The molecule has 0 unspecified atom stereocenters. The van der Waals surface area contributed by atoms with Crippen molar-refractivity contribution in [3.63, 3.8) is 0 Å². The van der Waals surface area contributed by atoms with Crippen LogP contribution < -0.4 is 5.73 Å². The van der Waals surface area contributed by atoms with Crippen LogP contribution in [-0.2, 0) is 0 Å². The van der Waals surface area contributed by atoms with Gasteiger partial charge in [-0.1, -0.05) is 23.8 Å². The minimum atomic E-state index is 0.932. The van der Waals surface area contributed by atoms with Crippen molar-refractivity contribution in [3.05, 3.63) is 39.8 Å². The minimum absolute atomic E-state index is 0.932. The van der Waals surface area contributed by atoms with E-state index in [0.717, 1.165) is 5.00 Å². The van der Waals surface area contributed by atoms with Crippen LogP contribution in [-0.4, -0.2) is 0 Å². The Morgan fingerprint density at radius 3 is 2.25 bits per heavy atom. The molecule has 1 nitrogen and oxygen atoms in total. The molecule has 0 saturated carbocycles. The minimum Gasteiger partial charge on any atom is -0.390 e. The fourth-order valence-electron chi connectivity index (χ4n) is 2.08. The highest BCUT2D eigenvalue weighted by Crippen LogP contribution is 2.39. The third-order valence-electron chi connectivity index (χ3n) is 3.06. The highest BCUT2D eigenvalue weighted by atomic mass is 32.1. The van der Waals surface area contributed by atoms with Crippen molar-refractivity contribution in [2.75, 3.05) is 5.73 Å². The lowest BCUT2D eigenvalue weighted by Crippen LogP contribution is -1.89. The van der Waals surface area contributed by atoms with Gasteiger partial charge in [0.1, 0.15) is 0 Å². The van der Waals surface area contributed by atoms with Gasteiger partial charge in [0.05, 0.1) is 5.00 Å². The first-order chi connectivity index (χ1) is 7.50. The Morgan fingerprint density at radius 2 is 1.75 bits per heavy atom. The van der Waals surface area contributed by atoms with Crippen LogP contribution in [0.1, 0.15) is 21.6 Å². The average Bonchev–Trinajstić information content (AvgIpc) is 2.43. The molecule has 2 heteroatoms. The third-order valence-corrected chi connectivity index (χ3v) is 4.10. The highest BCUT2D eigenvalue weighted by Gasteiger charge is 2.13. The largest absolute Gasteiger partial charge is 0.390 e. The zero-order valence-electron chi connectivity index (χ0n) is 10.2. The van der Waals surface area contributed by atoms with Gasteiger partial charge in [0.15, 0.2) is 0 Å². The summed E-state index contributed by atoms with van der Waals surface area (Å²) in [5.41, 5.74) is 12.5. The lowest BCUT2D eigenvalue weighted by molar-refractivity contribution is 1.36. The summed E-state index contributed by atoms with van der Waals surface area (Å²) in [6.45, 7) is 8.54. The van der Waals surface area contributed by atoms with Crippen LogP contribution in [0.3, 0.4) is 0 Å². The maximum absolute atomic E-state index is 6.10. The van der Waals surface area contributed by atoms with Crippen LogP contribution in [0.25, 0.3) is 11.1 Å². The predicted molar refractivity (Wildman–Crippen MR) is 73.1 cm³/mol. The third kappa shape index (κ3) is 1.74. The van der Waals surface area contributed by atoms with Crippen LogP contribution in [0, 0.1) is 27.7 Å². The smallest absolute Gasteiger partial charge is 0.0941 e. The lowest BCUT2D eigenvalue weighted by atomic mass is 9.97. The molecule has 0 spiro atoms. The summed E-state index contributed by atoms with van der Waals surface area (Å²) in [4.78, 5) is 1.31. The molecule has 0 bridgehead atoms. The van der Waals surface area contributed by atoms with E-state index >= 15 is 0 Å². The van der Waals surface area contributed by atoms with Gasteiger partial charge in [-0.25, -0.2) is 0 Å². The van der Waals surface area contributed by atoms with Gasteiger partial charge in [0.2, 0.25) is 0 Å². The number of hydrogen-bond acceptors (Lipinski definition) is 2. The van der Waals surface area contributed by atoms with Crippen molar-refractivity contribution >= 4 is 16.3 Å². The molecule has 0 amide bonds. The SMILES string of the molecule is Cc1ccc(-c2c(N)sc(C)c2C)c(C)c1. The summed E-state index contributed by atoms with van der Waals surface area (Å²) < 4.78 is 0. The normalized spacial score (nSPS) is 10.8. The molecule has 84 valence electrons. The monoisotopic (exact) mass is 231 g/mol. The molecule has 2 rings (SSSR count). The van der Waals surface area contributed by atoms with E-state index < -0.39 is 0 Å². The predicted octanol–water partition coefficient (Wildman–Crippen LogP) is 4.23. The molecular weight excluding hydrogens is 214 g/mol. The second-order valence-corrected chi connectivity index (χ2v) is 5.60. The number of thiophene rings is 1. The fourth-order valence-corrected chi connectivity index (χ4v) is 3.03. The van der Waals surface area contributed by atoms with Crippen molar-refractivity contribution in [2.45, 2.75) is 27.7 Å². The summed E-state index contributed by atoms with van der Waals surface area (Å²) in [5.74, 6) is 0. The molecule has 2 aromatic rings. The Kier molecular flexibility index (Phi) is 2.76. The standard InChI is InChI=1S/C14H17NS/c1-8-5-6-12(9(2)7-8)13-10(3)11(4)16-14(13)15/h5-7H,15H2,1-4H3. The van der Waals surface area contributed by atoms with E-state index in [1.54, 1.807) is 11.3 Å². The number of aryl methyl sites for hydroxylation is 3. The molecule has 0 atom stereocenters. The molecule has 0 aliphatic heterocycles. The van der Waals surface area contributed by atoms with Crippen molar-refractivity contribution < 1.29 is 0 Å². The van der Waals surface area contributed by atoms with Crippen LogP contribution in [0.5, 0.6) is 0 Å². The van der Waals surface area contributed by atoms with Gasteiger partial charge in [-0.05, 0) is 44.4 Å². The Morgan fingerprint density at radius 1 is 1.06 bits per heavy atom. The molecule has 16 heavy (non-hydrogen) atoms. The molecule has 1 heterocycles. The van der Waals surface area contributed by atoms with E-state index in [-0.39, 0.29) is 0 Å². The zero-order chi connectivity index (χ0) is 11.9. The summed E-state index contributed by atoms with van der Waals surface area (Å²) >= 11 is 1.68. The second kappa shape index (κ2) is 3.95. The molecule has 0 aliphatic rings. The van der Waals surface area contributed by atoms with Gasteiger partial charge in [-0.3, -0.25) is 0 Å². The quantitative estimate of drug-likeness (QED) is 0.781. The highest BCUT2D eigenvalue weighted by molar-refractivity contribution is 7.16. The van der Waals surface area contributed by atoms with Crippen LogP contribution in [0.2, 0.25) is 0 Å². The molecule has 0 radical (unpaired) electrons. The Bertz CT molecular complexity index is 538. The molecule has 0 fully saturated rings. The first-order valence-corrected chi connectivity index (χ1v) is 6.25. The molecule has 0 saturated heterocycles. The van der Waals surface area contributed by atoms with Gasteiger partial charge in [0.25, 0.3) is 0 Å². The molecule has 2 N–H and O–H groups in total. The second-order valence-electron chi connectivity index (χ2n) is 4.34. The number of nitrogen functional groups attached to an aromatic ring is 1. The van der Waals surface area contributed by atoms with E-state index in [1.807, 2.05) is 0 Å². The van der Waals surface area contributed by atoms with Crippen molar-refractivity contribution in [1.29, 1.82) is 0 Å². The summed E-state index contributed by atoms with van der Waals surface area (Å²) in [6, 6.07) is 6.53. The summed E-state index contributed by atoms with van der Waals surface area (Å²) in [5, 5.41) is 0.932. The average molecular weight is 231 g/mol. The molecular formula is C14H17NS. The number of anilines is 1. The Hall–Kier alpha value is -1.28. The summed E-state index contributed by atoms with van der Waals surface area (Å²) in [7, 11) is 0. The van der Waals surface area contributed by atoms with Gasteiger partial charge in [0, 0.05) is 10.4 Å². The van der Waals surface area contributed by atoms with Gasteiger partial charge < -0.3 is 5.73 Å². The molecule has 1 aromatic carbocycles. The van der Waals surface area contributed by atoms with Crippen LogP contribution in [0.15, 0.2) is 18.2 Å². The first-order valence-electron chi connectivity index (χ1n) is 5.43. The van der Waals surface area contributed by atoms with E-state index in [4.69, 9.17) is 5.73 Å². The van der Waals surface area contributed by atoms with Gasteiger partial charge in [-0.2, -0.15) is 0 Å². The fraction of sp³-hybridized carbons (Fsp3) is 0.286. The van der Waals surface area contributed by atoms with E-state index in [2.05, 4.69) is 45.9 Å². The van der Waals surface area contributed by atoms with E-state index in [1.165, 1.54) is 32.7 Å². The number of hydrogen-bond donors (Lipinski definition) is 1. The molecule has 1 aromatic heterocycles. The van der Waals surface area contributed by atoms with Crippen LogP contribution >= 0.6 is 11.3 Å². The Labute approximate surface area is 101 Å². The number of nitrogens with two attached hydrogens (primary N) is 1.